The second-order valence-corrected chi connectivity index (χ2v) is 7.37. The molecule has 1 aliphatic heterocycles. The molecule has 3 aromatic heterocycles. The van der Waals surface area contributed by atoms with Gasteiger partial charge in [-0.05, 0) is 30.5 Å². The predicted octanol–water partition coefficient (Wildman–Crippen LogP) is 1.59. The van der Waals surface area contributed by atoms with Gasteiger partial charge >= 0.3 is 0 Å². The van der Waals surface area contributed by atoms with E-state index in [1.165, 1.54) is 16.8 Å². The molecule has 5 rings (SSSR count). The average Bonchev–Trinajstić information content (AvgIpc) is 3.07. The topological polar surface area (TPSA) is 115 Å². The number of fused-ring (bicyclic) bond motifs is 2. The first kappa shape index (κ1) is 18.0. The fourth-order valence-electron chi connectivity index (χ4n) is 4.13. The van der Waals surface area contributed by atoms with Gasteiger partial charge in [-0.3, -0.25) is 14.4 Å². The van der Waals surface area contributed by atoms with Gasteiger partial charge in [0.15, 0.2) is 5.82 Å². The molecule has 4 heterocycles. The number of aromatic amines is 1. The van der Waals surface area contributed by atoms with Crippen molar-refractivity contribution in [1.29, 1.82) is 0 Å². The third-order valence-electron chi connectivity index (χ3n) is 5.52. The Kier molecular flexibility index (Phi) is 3.92. The van der Waals surface area contributed by atoms with Gasteiger partial charge in [0.05, 0.1) is 11.2 Å². The van der Waals surface area contributed by atoms with E-state index in [1.54, 1.807) is 11.6 Å². The maximum Gasteiger partial charge on any atom is 0.264 e. The van der Waals surface area contributed by atoms with Crippen LogP contribution in [-0.4, -0.2) is 30.5 Å². The number of aromatic nitrogens is 5. The molecule has 0 fully saturated rings. The first-order valence-corrected chi connectivity index (χ1v) is 9.48. The molecule has 2 N–H and O–H groups in total. The lowest BCUT2D eigenvalue weighted by Gasteiger charge is -2.24. The molecule has 0 unspecified atom stereocenters. The van der Waals surface area contributed by atoms with E-state index in [2.05, 4.69) is 20.6 Å². The minimum atomic E-state index is -0.437. The normalized spacial score (nSPS) is 15.8. The Labute approximate surface area is 170 Å². The lowest BCUT2D eigenvalue weighted by Crippen LogP contribution is -2.30. The summed E-state index contributed by atoms with van der Waals surface area (Å²) in [5.74, 6) is 0.177. The molecule has 9 heteroatoms. The summed E-state index contributed by atoms with van der Waals surface area (Å²) in [5, 5.41) is 14.7. The average molecular weight is 402 g/mol. The maximum atomic E-state index is 13.2. The van der Waals surface area contributed by atoms with E-state index >= 15 is 0 Å². The summed E-state index contributed by atoms with van der Waals surface area (Å²) >= 11 is 0. The SMILES string of the molecule is Cc1nn(-c2ccc(=O)[nH]n2)c2c1[C@@H](c1cc3ccccc3n(C)c1=O)CC(=O)N2. The number of amides is 1. The van der Waals surface area contributed by atoms with Crippen LogP contribution in [0.15, 0.2) is 52.1 Å². The van der Waals surface area contributed by atoms with Gasteiger partial charge < -0.3 is 9.88 Å². The number of benzene rings is 1. The summed E-state index contributed by atoms with van der Waals surface area (Å²) in [5.41, 5.74) is 2.35. The minimum Gasteiger partial charge on any atom is -0.311 e. The van der Waals surface area contributed by atoms with Crippen molar-refractivity contribution in [2.45, 2.75) is 19.3 Å². The summed E-state index contributed by atoms with van der Waals surface area (Å²) in [6.07, 6.45) is 0.145. The molecule has 1 atom stereocenters. The van der Waals surface area contributed by atoms with Crippen LogP contribution in [0.3, 0.4) is 0 Å². The van der Waals surface area contributed by atoms with Gasteiger partial charge in [0, 0.05) is 36.6 Å². The fourth-order valence-corrected chi connectivity index (χ4v) is 4.13. The summed E-state index contributed by atoms with van der Waals surface area (Å²) in [7, 11) is 1.73. The number of aryl methyl sites for hydroxylation is 2. The Morgan fingerprint density at radius 2 is 1.90 bits per heavy atom. The first-order chi connectivity index (χ1) is 14.4. The smallest absolute Gasteiger partial charge is 0.264 e. The number of nitrogens with one attached hydrogen (secondary N) is 2. The standard InChI is InChI=1S/C21H18N6O3/c1-11-19-13(14-9-12-5-3-4-6-15(12)26(2)21(14)30)10-18(29)22-20(19)27(25-11)16-7-8-17(28)24-23-16/h3-9,13H,10H2,1-2H3,(H,22,29)(H,24,28)/t13-/m1/s1. The van der Waals surface area contributed by atoms with Crippen LogP contribution in [0.4, 0.5) is 5.82 Å². The Hall–Kier alpha value is -4.01. The van der Waals surface area contributed by atoms with Crippen LogP contribution in [0.25, 0.3) is 16.7 Å². The van der Waals surface area contributed by atoms with Crippen molar-refractivity contribution in [1.82, 2.24) is 24.5 Å². The van der Waals surface area contributed by atoms with Gasteiger partial charge in [-0.15, -0.1) is 0 Å². The molecule has 0 radical (unpaired) electrons. The highest BCUT2D eigenvalue weighted by molar-refractivity contribution is 5.95. The fraction of sp³-hybridized carbons (Fsp3) is 0.190. The van der Waals surface area contributed by atoms with Crippen molar-refractivity contribution in [2.75, 3.05) is 5.32 Å². The quantitative estimate of drug-likeness (QED) is 0.528. The van der Waals surface area contributed by atoms with E-state index in [0.29, 0.717) is 22.9 Å². The zero-order valence-electron chi connectivity index (χ0n) is 16.3. The molecule has 0 bridgehead atoms. The van der Waals surface area contributed by atoms with Gasteiger partial charge in [0.25, 0.3) is 11.1 Å². The molecule has 4 aromatic rings. The Morgan fingerprint density at radius 1 is 1.10 bits per heavy atom. The number of nitrogens with zero attached hydrogens (tertiary/aromatic N) is 4. The highest BCUT2D eigenvalue weighted by Gasteiger charge is 2.34. The number of carbonyl (C=O) groups excluding carboxylic acids is 1. The first-order valence-electron chi connectivity index (χ1n) is 9.48. The van der Waals surface area contributed by atoms with Gasteiger partial charge in [-0.2, -0.15) is 14.9 Å². The number of pyridine rings is 1. The summed E-state index contributed by atoms with van der Waals surface area (Å²) in [6.45, 7) is 1.83. The Balaban J connectivity index is 1.74. The second-order valence-electron chi connectivity index (χ2n) is 7.37. The maximum absolute atomic E-state index is 13.2. The molecule has 1 aromatic carbocycles. The Bertz CT molecular complexity index is 1430. The second kappa shape index (κ2) is 6.51. The van der Waals surface area contributed by atoms with Crippen molar-refractivity contribution in [2.24, 2.45) is 7.05 Å². The number of hydrogen-bond acceptors (Lipinski definition) is 5. The molecule has 0 saturated carbocycles. The van der Waals surface area contributed by atoms with Crippen LogP contribution in [0.5, 0.6) is 0 Å². The number of anilines is 1. The molecule has 30 heavy (non-hydrogen) atoms. The highest BCUT2D eigenvalue weighted by Crippen LogP contribution is 2.39. The molecule has 0 aliphatic carbocycles. The molecule has 1 amide bonds. The molecule has 0 spiro atoms. The van der Waals surface area contributed by atoms with Crippen molar-refractivity contribution < 1.29 is 4.79 Å². The monoisotopic (exact) mass is 402 g/mol. The molecule has 9 nitrogen and oxygen atoms in total. The third-order valence-corrected chi connectivity index (χ3v) is 5.52. The van der Waals surface area contributed by atoms with Crippen molar-refractivity contribution in [3.05, 3.63) is 80.0 Å². The summed E-state index contributed by atoms with van der Waals surface area (Å²) in [6, 6.07) is 12.4. The molecule has 0 saturated heterocycles. The highest BCUT2D eigenvalue weighted by atomic mass is 16.2. The summed E-state index contributed by atoms with van der Waals surface area (Å²) in [4.78, 5) is 37.1. The van der Waals surface area contributed by atoms with Crippen molar-refractivity contribution in [3.63, 3.8) is 0 Å². The van der Waals surface area contributed by atoms with E-state index < -0.39 is 5.92 Å². The minimum absolute atomic E-state index is 0.145. The van der Waals surface area contributed by atoms with Crippen LogP contribution >= 0.6 is 0 Å². The summed E-state index contributed by atoms with van der Waals surface area (Å²) < 4.78 is 3.09. The van der Waals surface area contributed by atoms with E-state index in [1.807, 2.05) is 37.3 Å². The number of hydrogen-bond donors (Lipinski definition) is 2. The number of rotatable bonds is 2. The van der Waals surface area contributed by atoms with Crippen LogP contribution in [0.2, 0.25) is 0 Å². The van der Waals surface area contributed by atoms with E-state index in [4.69, 9.17) is 0 Å². The predicted molar refractivity (Wildman–Crippen MR) is 111 cm³/mol. The van der Waals surface area contributed by atoms with E-state index in [-0.39, 0.29) is 23.4 Å². The van der Waals surface area contributed by atoms with Crippen LogP contribution < -0.4 is 16.4 Å². The van der Waals surface area contributed by atoms with Gasteiger partial charge in [-0.1, -0.05) is 18.2 Å². The molecular weight excluding hydrogens is 384 g/mol. The van der Waals surface area contributed by atoms with Crippen LogP contribution in [0, 0.1) is 6.92 Å². The Morgan fingerprint density at radius 3 is 2.67 bits per heavy atom. The lowest BCUT2D eigenvalue weighted by molar-refractivity contribution is -0.116. The van der Waals surface area contributed by atoms with Crippen LogP contribution in [0.1, 0.15) is 29.2 Å². The largest absolute Gasteiger partial charge is 0.311 e. The molecule has 1 aliphatic rings. The third kappa shape index (κ3) is 2.66. The van der Waals surface area contributed by atoms with Gasteiger partial charge in [0.2, 0.25) is 5.91 Å². The van der Waals surface area contributed by atoms with Crippen LogP contribution in [-0.2, 0) is 11.8 Å². The van der Waals surface area contributed by atoms with Crippen molar-refractivity contribution in [3.8, 4) is 5.82 Å². The lowest BCUT2D eigenvalue weighted by atomic mass is 9.86. The zero-order valence-corrected chi connectivity index (χ0v) is 16.3. The van der Waals surface area contributed by atoms with Crippen molar-refractivity contribution >= 4 is 22.6 Å². The van der Waals surface area contributed by atoms with E-state index in [9.17, 15) is 14.4 Å². The number of H-pyrrole nitrogens is 1. The number of para-hydroxylation sites is 1. The number of carbonyl (C=O) groups is 1. The van der Waals surface area contributed by atoms with Gasteiger partial charge in [0.1, 0.15) is 5.82 Å². The van der Waals surface area contributed by atoms with E-state index in [0.717, 1.165) is 16.5 Å². The van der Waals surface area contributed by atoms with Gasteiger partial charge in [-0.25, -0.2) is 5.10 Å². The zero-order chi connectivity index (χ0) is 21.0. The molecule has 150 valence electrons. The molecular formula is C21H18N6O3.